The fourth-order valence-corrected chi connectivity index (χ4v) is 1.22. The fraction of sp³-hybridized carbons (Fsp3) is 0.600. The second-order valence-corrected chi connectivity index (χ2v) is 4.52. The van der Waals surface area contributed by atoms with E-state index in [9.17, 15) is 14.4 Å². The van der Waals surface area contributed by atoms with Crippen LogP contribution in [0.25, 0.3) is 0 Å². The van der Waals surface area contributed by atoms with Gasteiger partial charge in [0.15, 0.2) is 0 Å². The molecule has 0 spiro atoms. The minimum Gasteiger partial charge on any atom is -0.392 e. The summed E-state index contributed by atoms with van der Waals surface area (Å²) in [4.78, 5) is 33.8. The van der Waals surface area contributed by atoms with E-state index in [0.29, 0.717) is 6.04 Å². The first-order chi connectivity index (χ1) is 8.49. The van der Waals surface area contributed by atoms with Crippen molar-refractivity contribution in [2.45, 2.75) is 25.3 Å². The highest BCUT2D eigenvalue weighted by Gasteiger charge is 2.23. The van der Waals surface area contributed by atoms with Gasteiger partial charge in [-0.2, -0.15) is 0 Å². The summed E-state index contributed by atoms with van der Waals surface area (Å²) in [7, 11) is 0. The number of rotatable bonds is 6. The standard InChI is InChI=1S/C10H16N4O3S/c11-7(18)5-13-10(17)9(16)12-4-3-8(15)14-6-1-2-6/h6H,1-5H2,(H2,11,18)(H,12,16)(H,13,17)(H,14,15). The van der Waals surface area contributed by atoms with Crippen LogP contribution in [0.2, 0.25) is 0 Å². The summed E-state index contributed by atoms with van der Waals surface area (Å²) < 4.78 is 0. The Bertz CT molecular complexity index is 368. The van der Waals surface area contributed by atoms with Crippen LogP contribution in [0, 0.1) is 0 Å². The third-order valence-corrected chi connectivity index (χ3v) is 2.35. The highest BCUT2D eigenvalue weighted by Crippen LogP contribution is 2.18. The number of carbonyl (C=O) groups excluding carboxylic acids is 3. The molecule has 0 aromatic carbocycles. The lowest BCUT2D eigenvalue weighted by atomic mass is 10.3. The number of thiocarbonyl (C=S) groups is 1. The second kappa shape index (κ2) is 6.90. The van der Waals surface area contributed by atoms with Crippen LogP contribution in [-0.4, -0.2) is 41.8 Å². The van der Waals surface area contributed by atoms with Gasteiger partial charge in [0.05, 0.1) is 11.5 Å². The molecule has 100 valence electrons. The van der Waals surface area contributed by atoms with Gasteiger partial charge in [-0.15, -0.1) is 0 Å². The van der Waals surface area contributed by atoms with E-state index >= 15 is 0 Å². The van der Waals surface area contributed by atoms with Crippen molar-refractivity contribution < 1.29 is 14.4 Å². The molecule has 5 N–H and O–H groups in total. The van der Waals surface area contributed by atoms with Crippen molar-refractivity contribution in [3.63, 3.8) is 0 Å². The van der Waals surface area contributed by atoms with E-state index in [4.69, 9.17) is 5.73 Å². The van der Waals surface area contributed by atoms with Gasteiger partial charge < -0.3 is 21.7 Å². The third-order valence-electron chi connectivity index (χ3n) is 2.21. The number of carbonyl (C=O) groups is 3. The molecule has 0 aromatic rings. The molecular formula is C10H16N4O3S. The van der Waals surface area contributed by atoms with Crippen LogP contribution in [0.5, 0.6) is 0 Å². The third kappa shape index (κ3) is 6.14. The summed E-state index contributed by atoms with van der Waals surface area (Å²) >= 11 is 4.55. The predicted molar refractivity (Wildman–Crippen MR) is 68.6 cm³/mol. The van der Waals surface area contributed by atoms with Crippen molar-refractivity contribution in [2.75, 3.05) is 13.1 Å². The van der Waals surface area contributed by atoms with Gasteiger partial charge in [-0.3, -0.25) is 14.4 Å². The summed E-state index contributed by atoms with van der Waals surface area (Å²) in [5, 5.41) is 7.35. The topological polar surface area (TPSA) is 113 Å². The molecule has 18 heavy (non-hydrogen) atoms. The van der Waals surface area contributed by atoms with Gasteiger partial charge in [0.25, 0.3) is 0 Å². The predicted octanol–water partition coefficient (Wildman–Crippen LogP) is -1.83. The molecule has 3 amide bonds. The molecule has 1 aliphatic rings. The first-order valence-electron chi connectivity index (χ1n) is 5.62. The molecule has 1 aliphatic carbocycles. The van der Waals surface area contributed by atoms with Gasteiger partial charge >= 0.3 is 11.8 Å². The largest absolute Gasteiger partial charge is 0.392 e. The highest BCUT2D eigenvalue weighted by molar-refractivity contribution is 7.80. The zero-order chi connectivity index (χ0) is 13.5. The van der Waals surface area contributed by atoms with E-state index in [-0.39, 0.29) is 30.4 Å². The Morgan fingerprint density at radius 1 is 1.17 bits per heavy atom. The van der Waals surface area contributed by atoms with Crippen LogP contribution < -0.4 is 21.7 Å². The second-order valence-electron chi connectivity index (χ2n) is 4.00. The lowest BCUT2D eigenvalue weighted by molar-refractivity contribution is -0.139. The smallest absolute Gasteiger partial charge is 0.309 e. The Hall–Kier alpha value is -1.70. The lowest BCUT2D eigenvalue weighted by Gasteiger charge is -2.06. The molecule has 0 aliphatic heterocycles. The lowest BCUT2D eigenvalue weighted by Crippen LogP contribution is -2.43. The summed E-state index contributed by atoms with van der Waals surface area (Å²) in [6.45, 7) is 0.0988. The molecule has 8 heteroatoms. The van der Waals surface area contributed by atoms with Crippen LogP contribution in [0.3, 0.4) is 0 Å². The molecule has 1 saturated carbocycles. The Morgan fingerprint density at radius 2 is 1.78 bits per heavy atom. The molecular weight excluding hydrogens is 256 g/mol. The average Bonchev–Trinajstić information content (AvgIpc) is 3.09. The van der Waals surface area contributed by atoms with Crippen LogP contribution in [0.4, 0.5) is 0 Å². The van der Waals surface area contributed by atoms with Crippen LogP contribution >= 0.6 is 12.2 Å². The highest BCUT2D eigenvalue weighted by atomic mass is 32.1. The summed E-state index contributed by atoms with van der Waals surface area (Å²) in [6.07, 6.45) is 2.18. The van der Waals surface area contributed by atoms with Crippen molar-refractivity contribution >= 4 is 34.9 Å². The van der Waals surface area contributed by atoms with Gasteiger partial charge in [0, 0.05) is 19.0 Å². The number of hydrogen-bond donors (Lipinski definition) is 4. The van der Waals surface area contributed by atoms with E-state index in [1.807, 2.05) is 0 Å². The SMILES string of the molecule is NC(=S)CNC(=O)C(=O)NCCC(=O)NC1CC1. The molecule has 0 radical (unpaired) electrons. The normalized spacial score (nSPS) is 13.6. The van der Waals surface area contributed by atoms with Crippen LogP contribution in [-0.2, 0) is 14.4 Å². The Labute approximate surface area is 110 Å². The Kier molecular flexibility index (Phi) is 5.50. The van der Waals surface area contributed by atoms with Crippen LogP contribution in [0.15, 0.2) is 0 Å². The zero-order valence-corrected chi connectivity index (χ0v) is 10.6. The quantitative estimate of drug-likeness (QED) is 0.336. The number of nitrogens with one attached hydrogen (secondary N) is 3. The molecule has 1 fully saturated rings. The first-order valence-corrected chi connectivity index (χ1v) is 6.03. The molecule has 0 heterocycles. The van der Waals surface area contributed by atoms with E-state index in [1.54, 1.807) is 0 Å². The number of hydrogen-bond acceptors (Lipinski definition) is 4. The first kappa shape index (κ1) is 14.4. The van der Waals surface area contributed by atoms with Gasteiger partial charge in [-0.25, -0.2) is 0 Å². The summed E-state index contributed by atoms with van der Waals surface area (Å²) in [6, 6.07) is 0.294. The van der Waals surface area contributed by atoms with Crippen molar-refractivity contribution in [3.05, 3.63) is 0 Å². The number of nitrogens with two attached hydrogens (primary N) is 1. The van der Waals surface area contributed by atoms with Crippen molar-refractivity contribution in [1.29, 1.82) is 0 Å². The molecule has 0 unspecified atom stereocenters. The average molecular weight is 272 g/mol. The summed E-state index contributed by atoms with van der Waals surface area (Å²) in [5.41, 5.74) is 5.17. The van der Waals surface area contributed by atoms with Crippen molar-refractivity contribution in [2.24, 2.45) is 5.73 Å². The molecule has 0 saturated heterocycles. The van der Waals surface area contributed by atoms with Crippen molar-refractivity contribution in [1.82, 2.24) is 16.0 Å². The van der Waals surface area contributed by atoms with E-state index in [0.717, 1.165) is 12.8 Å². The van der Waals surface area contributed by atoms with Gasteiger partial charge in [-0.1, -0.05) is 12.2 Å². The number of amides is 3. The van der Waals surface area contributed by atoms with E-state index in [2.05, 4.69) is 28.2 Å². The van der Waals surface area contributed by atoms with Crippen molar-refractivity contribution in [3.8, 4) is 0 Å². The molecule has 0 bridgehead atoms. The summed E-state index contributed by atoms with van der Waals surface area (Å²) in [5.74, 6) is -1.74. The Morgan fingerprint density at radius 3 is 2.33 bits per heavy atom. The van der Waals surface area contributed by atoms with Gasteiger partial charge in [-0.05, 0) is 12.8 Å². The van der Waals surface area contributed by atoms with E-state index < -0.39 is 11.8 Å². The minimum absolute atomic E-state index is 0.0241. The Balaban J connectivity index is 2.09. The maximum atomic E-state index is 11.3. The van der Waals surface area contributed by atoms with Gasteiger partial charge in [0.2, 0.25) is 5.91 Å². The minimum atomic E-state index is -0.814. The monoisotopic (exact) mass is 272 g/mol. The maximum Gasteiger partial charge on any atom is 0.309 e. The molecule has 0 atom stereocenters. The fourth-order valence-electron chi connectivity index (χ4n) is 1.15. The molecule has 0 aromatic heterocycles. The molecule has 1 rings (SSSR count). The zero-order valence-electron chi connectivity index (χ0n) is 9.82. The van der Waals surface area contributed by atoms with E-state index in [1.165, 1.54) is 0 Å². The van der Waals surface area contributed by atoms with Crippen LogP contribution in [0.1, 0.15) is 19.3 Å². The maximum absolute atomic E-state index is 11.3. The van der Waals surface area contributed by atoms with Gasteiger partial charge in [0.1, 0.15) is 0 Å². The molecule has 7 nitrogen and oxygen atoms in total.